The van der Waals surface area contributed by atoms with Crippen molar-refractivity contribution in [2.24, 2.45) is 0 Å². The number of ether oxygens (including phenoxy) is 1. The molecule has 0 saturated heterocycles. The van der Waals surface area contributed by atoms with E-state index in [0.29, 0.717) is 25.9 Å². The summed E-state index contributed by atoms with van der Waals surface area (Å²) < 4.78 is 5.52. The van der Waals surface area contributed by atoms with Gasteiger partial charge >= 0.3 is 5.97 Å². The molecule has 0 radical (unpaired) electrons. The van der Waals surface area contributed by atoms with E-state index in [1.54, 1.807) is 0 Å². The highest BCUT2D eigenvalue weighted by molar-refractivity contribution is 5.77. The Morgan fingerprint density at radius 2 is 1.83 bits per heavy atom. The van der Waals surface area contributed by atoms with E-state index in [0.717, 1.165) is 17.7 Å². The summed E-state index contributed by atoms with van der Waals surface area (Å²) in [6.45, 7) is 6.44. The van der Waals surface area contributed by atoms with E-state index in [-0.39, 0.29) is 12.3 Å². The molecule has 23 heavy (non-hydrogen) atoms. The first-order valence-corrected chi connectivity index (χ1v) is 8.07. The number of carbonyl (C=O) groups excluding carboxylic acids is 1. The zero-order valence-corrected chi connectivity index (χ0v) is 14.2. The van der Waals surface area contributed by atoms with Crippen LogP contribution in [0.4, 0.5) is 0 Å². The van der Waals surface area contributed by atoms with Crippen LogP contribution < -0.4 is 10.1 Å². The molecule has 0 spiro atoms. The summed E-state index contributed by atoms with van der Waals surface area (Å²) in [4.78, 5) is 22.6. The maximum absolute atomic E-state index is 12.0. The standard InChI is InChI=1S/C18H27NO4/c1-4-13-23-15-8-5-14(6-9-15)7-10-16(20)19-18(2,3)12-11-17(21)22/h5-6,8-9H,4,7,10-13H2,1-3H3,(H,19,20)(H,21,22). The molecule has 0 fully saturated rings. The molecule has 1 aromatic carbocycles. The van der Waals surface area contributed by atoms with Gasteiger partial charge in [0.25, 0.3) is 0 Å². The lowest BCUT2D eigenvalue weighted by molar-refractivity contribution is -0.137. The second kappa shape index (κ2) is 9.18. The Morgan fingerprint density at radius 1 is 1.17 bits per heavy atom. The number of hydrogen-bond donors (Lipinski definition) is 2. The van der Waals surface area contributed by atoms with Gasteiger partial charge in [0, 0.05) is 18.4 Å². The number of carboxylic acids is 1. The molecule has 128 valence electrons. The second-order valence-corrected chi connectivity index (χ2v) is 6.32. The topological polar surface area (TPSA) is 75.6 Å². The minimum atomic E-state index is -0.849. The molecule has 0 aliphatic heterocycles. The van der Waals surface area contributed by atoms with Crippen LogP contribution in [-0.2, 0) is 16.0 Å². The third kappa shape index (κ3) is 8.24. The molecule has 2 N–H and O–H groups in total. The fourth-order valence-electron chi connectivity index (χ4n) is 2.15. The van der Waals surface area contributed by atoms with Crippen LogP contribution in [0.5, 0.6) is 5.75 Å². The molecule has 0 unspecified atom stereocenters. The molecule has 5 heteroatoms. The van der Waals surface area contributed by atoms with Gasteiger partial charge in [0.05, 0.1) is 6.61 Å². The van der Waals surface area contributed by atoms with Crippen LogP contribution in [0.15, 0.2) is 24.3 Å². The number of aliphatic carboxylic acids is 1. The zero-order chi connectivity index (χ0) is 17.3. The van der Waals surface area contributed by atoms with Gasteiger partial charge in [0.1, 0.15) is 5.75 Å². The van der Waals surface area contributed by atoms with Crippen molar-refractivity contribution >= 4 is 11.9 Å². The number of aryl methyl sites for hydroxylation is 1. The summed E-state index contributed by atoms with van der Waals surface area (Å²) in [5, 5.41) is 11.6. The Balaban J connectivity index is 2.39. The Labute approximate surface area is 138 Å². The molecule has 0 saturated carbocycles. The van der Waals surface area contributed by atoms with Crippen molar-refractivity contribution in [3.63, 3.8) is 0 Å². The Hall–Kier alpha value is -2.04. The van der Waals surface area contributed by atoms with Gasteiger partial charge in [-0.1, -0.05) is 19.1 Å². The van der Waals surface area contributed by atoms with Crippen LogP contribution in [0.25, 0.3) is 0 Å². The SMILES string of the molecule is CCCOc1ccc(CCC(=O)NC(C)(C)CCC(=O)O)cc1. The number of carboxylic acid groups (broad SMARTS) is 1. The summed E-state index contributed by atoms with van der Waals surface area (Å²) in [5.74, 6) is -0.0701. The molecule has 1 aromatic rings. The maximum atomic E-state index is 12.0. The quantitative estimate of drug-likeness (QED) is 0.694. The average Bonchev–Trinajstić information content (AvgIpc) is 2.49. The van der Waals surface area contributed by atoms with Crippen molar-refractivity contribution in [2.45, 2.75) is 58.4 Å². The van der Waals surface area contributed by atoms with Crippen LogP contribution in [0, 0.1) is 0 Å². The monoisotopic (exact) mass is 321 g/mol. The van der Waals surface area contributed by atoms with Crippen molar-refractivity contribution in [1.29, 1.82) is 0 Å². The summed E-state index contributed by atoms with van der Waals surface area (Å²) in [5.41, 5.74) is 0.570. The Kier molecular flexibility index (Phi) is 7.59. The van der Waals surface area contributed by atoms with E-state index in [1.165, 1.54) is 0 Å². The van der Waals surface area contributed by atoms with Crippen LogP contribution in [0.1, 0.15) is 52.0 Å². The number of benzene rings is 1. The first kappa shape index (κ1) is 19.0. The molecule has 0 heterocycles. The molecule has 5 nitrogen and oxygen atoms in total. The molecule has 0 aromatic heterocycles. The van der Waals surface area contributed by atoms with Crippen molar-refractivity contribution in [3.8, 4) is 5.75 Å². The molecule has 0 bridgehead atoms. The zero-order valence-electron chi connectivity index (χ0n) is 14.2. The lowest BCUT2D eigenvalue weighted by atomic mass is 9.98. The minimum absolute atomic E-state index is 0.0481. The highest BCUT2D eigenvalue weighted by Gasteiger charge is 2.21. The normalized spacial score (nSPS) is 11.1. The molecule has 0 aliphatic carbocycles. The highest BCUT2D eigenvalue weighted by atomic mass is 16.5. The van der Waals surface area contributed by atoms with E-state index in [4.69, 9.17) is 9.84 Å². The molecular formula is C18H27NO4. The first-order valence-electron chi connectivity index (χ1n) is 8.07. The molecule has 0 atom stereocenters. The average molecular weight is 321 g/mol. The largest absolute Gasteiger partial charge is 0.494 e. The minimum Gasteiger partial charge on any atom is -0.494 e. The van der Waals surface area contributed by atoms with E-state index in [2.05, 4.69) is 12.2 Å². The lowest BCUT2D eigenvalue weighted by Crippen LogP contribution is -2.43. The van der Waals surface area contributed by atoms with E-state index >= 15 is 0 Å². The third-order valence-electron chi connectivity index (χ3n) is 3.48. The Bertz CT molecular complexity index is 508. The maximum Gasteiger partial charge on any atom is 0.303 e. The van der Waals surface area contributed by atoms with Crippen LogP contribution in [0.3, 0.4) is 0 Å². The van der Waals surface area contributed by atoms with Gasteiger partial charge in [-0.25, -0.2) is 0 Å². The molecule has 1 rings (SSSR count). The van der Waals surface area contributed by atoms with Crippen molar-refractivity contribution < 1.29 is 19.4 Å². The molecular weight excluding hydrogens is 294 g/mol. The first-order chi connectivity index (χ1) is 10.8. The fraction of sp³-hybridized carbons (Fsp3) is 0.556. The van der Waals surface area contributed by atoms with E-state index < -0.39 is 11.5 Å². The van der Waals surface area contributed by atoms with Gasteiger partial charge in [-0.2, -0.15) is 0 Å². The van der Waals surface area contributed by atoms with Crippen molar-refractivity contribution in [3.05, 3.63) is 29.8 Å². The summed E-state index contributed by atoms with van der Waals surface area (Å²) in [6, 6.07) is 7.76. The number of carbonyl (C=O) groups is 2. The molecule has 1 amide bonds. The van der Waals surface area contributed by atoms with Crippen LogP contribution >= 0.6 is 0 Å². The molecule has 0 aliphatic rings. The third-order valence-corrected chi connectivity index (χ3v) is 3.48. The van der Waals surface area contributed by atoms with Gasteiger partial charge in [0.15, 0.2) is 0 Å². The van der Waals surface area contributed by atoms with Gasteiger partial charge in [-0.3, -0.25) is 9.59 Å². The lowest BCUT2D eigenvalue weighted by Gasteiger charge is -2.25. The predicted octanol–water partition coefficient (Wildman–Crippen LogP) is 3.17. The summed E-state index contributed by atoms with van der Waals surface area (Å²) in [7, 11) is 0. The Morgan fingerprint density at radius 3 is 2.39 bits per heavy atom. The fourth-order valence-corrected chi connectivity index (χ4v) is 2.15. The van der Waals surface area contributed by atoms with E-state index in [1.807, 2.05) is 38.1 Å². The number of hydrogen-bond acceptors (Lipinski definition) is 3. The predicted molar refractivity (Wildman–Crippen MR) is 89.6 cm³/mol. The van der Waals surface area contributed by atoms with Crippen LogP contribution in [-0.4, -0.2) is 29.1 Å². The highest BCUT2D eigenvalue weighted by Crippen LogP contribution is 2.15. The summed E-state index contributed by atoms with van der Waals surface area (Å²) >= 11 is 0. The number of amides is 1. The van der Waals surface area contributed by atoms with Gasteiger partial charge < -0.3 is 15.2 Å². The van der Waals surface area contributed by atoms with Crippen molar-refractivity contribution in [1.82, 2.24) is 5.32 Å². The van der Waals surface area contributed by atoms with E-state index in [9.17, 15) is 9.59 Å². The van der Waals surface area contributed by atoms with Gasteiger partial charge in [-0.05, 0) is 50.8 Å². The second-order valence-electron chi connectivity index (χ2n) is 6.32. The van der Waals surface area contributed by atoms with Crippen molar-refractivity contribution in [2.75, 3.05) is 6.61 Å². The summed E-state index contributed by atoms with van der Waals surface area (Å²) in [6.07, 6.45) is 2.46. The number of rotatable bonds is 10. The number of nitrogens with one attached hydrogen (secondary N) is 1. The van der Waals surface area contributed by atoms with Crippen LogP contribution in [0.2, 0.25) is 0 Å². The smallest absolute Gasteiger partial charge is 0.303 e. The van der Waals surface area contributed by atoms with Gasteiger partial charge in [-0.15, -0.1) is 0 Å². The van der Waals surface area contributed by atoms with Gasteiger partial charge in [0.2, 0.25) is 5.91 Å².